The summed E-state index contributed by atoms with van der Waals surface area (Å²) in [6.07, 6.45) is 16.0. The molecule has 6 rings (SSSR count). The molecule has 202 valence electrons. The molecule has 3 saturated carbocycles. The van der Waals surface area contributed by atoms with E-state index in [0.717, 1.165) is 69.2 Å². The lowest BCUT2D eigenvalue weighted by molar-refractivity contribution is -0.176. The molecule has 6 atom stereocenters. The van der Waals surface area contributed by atoms with Crippen molar-refractivity contribution in [2.24, 2.45) is 27.8 Å². The first-order chi connectivity index (χ1) is 17.8. The number of likely N-dealkylation sites (tertiary alicyclic amines) is 1. The number of oxime groups is 1. The van der Waals surface area contributed by atoms with Gasteiger partial charge in [0.2, 0.25) is 0 Å². The summed E-state index contributed by atoms with van der Waals surface area (Å²) < 4.78 is 5.23. The highest BCUT2D eigenvalue weighted by Gasteiger charge is 2.66. The maximum absolute atomic E-state index is 12.4. The van der Waals surface area contributed by atoms with Crippen LogP contribution in [-0.4, -0.2) is 47.6 Å². The molecule has 1 saturated heterocycles. The minimum atomic E-state index is -0.669. The Morgan fingerprint density at radius 3 is 2.68 bits per heavy atom. The first-order valence-corrected chi connectivity index (χ1v) is 14.8. The maximum Gasteiger partial charge on any atom is 0.335 e. The summed E-state index contributed by atoms with van der Waals surface area (Å²) in [5, 5.41) is 17.0. The molecule has 6 nitrogen and oxygen atoms in total. The molecule has 0 spiro atoms. The second-order valence-corrected chi connectivity index (χ2v) is 13.0. The Bertz CT molecular complexity index is 1100. The fourth-order valence-corrected chi connectivity index (χ4v) is 9.20. The van der Waals surface area contributed by atoms with Crippen molar-refractivity contribution < 1.29 is 14.4 Å². The van der Waals surface area contributed by atoms with Crippen LogP contribution in [0.2, 0.25) is 0 Å². The molecule has 4 aliphatic carbocycles. The minimum Gasteiger partial charge on any atom is -0.431 e. The fourth-order valence-electron chi connectivity index (χ4n) is 9.20. The molecule has 1 aromatic rings. The van der Waals surface area contributed by atoms with Gasteiger partial charge in [0.05, 0.1) is 17.6 Å². The van der Waals surface area contributed by atoms with E-state index >= 15 is 0 Å². The van der Waals surface area contributed by atoms with E-state index < -0.39 is 5.60 Å². The summed E-state index contributed by atoms with van der Waals surface area (Å²) in [6, 6.07) is 3.44. The quantitative estimate of drug-likeness (QED) is 0.410. The SMILES string of the molecule is C[C@]12CC/C(=N\OCCN3CCCCC3)C=C1CC[C@@H]1[C@@H]2CC[C@]2(C)[C@@H](c3ccc(=O)oc3)CC[C@]12O. The molecule has 0 amide bonds. The largest absolute Gasteiger partial charge is 0.431 e. The zero-order chi connectivity index (χ0) is 25.7. The van der Waals surface area contributed by atoms with Gasteiger partial charge in [-0.1, -0.05) is 31.0 Å². The van der Waals surface area contributed by atoms with Gasteiger partial charge in [0.1, 0.15) is 6.61 Å². The van der Waals surface area contributed by atoms with E-state index in [0.29, 0.717) is 18.4 Å². The lowest BCUT2D eigenvalue weighted by Gasteiger charge is -2.61. The average molecular weight is 509 g/mol. The minimum absolute atomic E-state index is 0.129. The molecule has 0 radical (unpaired) electrons. The number of piperidine rings is 1. The van der Waals surface area contributed by atoms with Crippen molar-refractivity contribution >= 4 is 5.71 Å². The van der Waals surface area contributed by atoms with Gasteiger partial charge in [0, 0.05) is 18.0 Å². The smallest absolute Gasteiger partial charge is 0.335 e. The molecule has 0 unspecified atom stereocenters. The van der Waals surface area contributed by atoms with Crippen LogP contribution in [0, 0.1) is 22.7 Å². The van der Waals surface area contributed by atoms with E-state index in [1.54, 1.807) is 6.26 Å². The summed E-state index contributed by atoms with van der Waals surface area (Å²) in [5.41, 5.74) is 2.65. The van der Waals surface area contributed by atoms with Crippen molar-refractivity contribution in [1.82, 2.24) is 4.90 Å². The number of hydrogen-bond acceptors (Lipinski definition) is 6. The molecule has 4 fully saturated rings. The van der Waals surface area contributed by atoms with Crippen LogP contribution in [0.3, 0.4) is 0 Å². The van der Waals surface area contributed by atoms with Crippen LogP contribution >= 0.6 is 0 Å². The van der Waals surface area contributed by atoms with Gasteiger partial charge in [-0.3, -0.25) is 4.90 Å². The van der Waals surface area contributed by atoms with Gasteiger partial charge in [-0.15, -0.1) is 0 Å². The van der Waals surface area contributed by atoms with E-state index in [-0.39, 0.29) is 22.4 Å². The highest BCUT2D eigenvalue weighted by atomic mass is 16.6. The number of rotatable bonds is 5. The highest BCUT2D eigenvalue weighted by Crippen LogP contribution is 2.69. The first kappa shape index (κ1) is 25.4. The van der Waals surface area contributed by atoms with Gasteiger partial charge < -0.3 is 14.4 Å². The van der Waals surface area contributed by atoms with E-state index in [1.807, 2.05) is 6.07 Å². The third kappa shape index (κ3) is 4.23. The standard InChI is InChI=1S/C31H44N2O4/c1-29-13-10-24(32-37-19-18-33-16-4-3-5-17-33)20-23(29)7-8-27-26(29)11-14-30(2)25(12-15-31(27,30)35)22-6-9-28(34)36-21-22/h6,9,20-21,25-27,35H,3-5,7-8,10-19H2,1-2H3/b32-24+/t25-,26+,27-,29+,30-,31+/m1/s1. The van der Waals surface area contributed by atoms with Crippen molar-refractivity contribution in [3.05, 3.63) is 46.0 Å². The molecule has 0 aromatic carbocycles. The zero-order valence-corrected chi connectivity index (χ0v) is 22.7. The summed E-state index contributed by atoms with van der Waals surface area (Å²) in [7, 11) is 0. The van der Waals surface area contributed by atoms with E-state index in [9.17, 15) is 9.90 Å². The van der Waals surface area contributed by atoms with Crippen LogP contribution in [0.4, 0.5) is 0 Å². The van der Waals surface area contributed by atoms with Crippen LogP contribution in [0.25, 0.3) is 0 Å². The Kier molecular flexibility index (Phi) is 6.63. The summed E-state index contributed by atoms with van der Waals surface area (Å²) in [4.78, 5) is 19.8. The summed E-state index contributed by atoms with van der Waals surface area (Å²) in [6.45, 7) is 8.78. The second-order valence-electron chi connectivity index (χ2n) is 13.0. The van der Waals surface area contributed by atoms with Gasteiger partial charge >= 0.3 is 5.63 Å². The molecule has 1 N–H and O–H groups in total. The van der Waals surface area contributed by atoms with Crippen LogP contribution in [-0.2, 0) is 4.84 Å². The van der Waals surface area contributed by atoms with E-state index in [1.165, 1.54) is 44.0 Å². The molecule has 0 bridgehead atoms. The number of nitrogens with zero attached hydrogens (tertiary/aromatic N) is 2. The molecule has 1 aliphatic heterocycles. The van der Waals surface area contributed by atoms with Gasteiger partial charge in [-0.05, 0) is 118 Å². The summed E-state index contributed by atoms with van der Waals surface area (Å²) in [5.74, 6) is 1.05. The topological polar surface area (TPSA) is 75.3 Å². The van der Waals surface area contributed by atoms with E-state index in [2.05, 4.69) is 30.0 Å². The Hall–Kier alpha value is -1.92. The zero-order valence-electron chi connectivity index (χ0n) is 22.7. The van der Waals surface area contributed by atoms with Gasteiger partial charge in [0.25, 0.3) is 0 Å². The Labute approximate surface area is 221 Å². The number of aliphatic hydroxyl groups is 1. The van der Waals surface area contributed by atoms with Crippen molar-refractivity contribution in [2.75, 3.05) is 26.2 Å². The van der Waals surface area contributed by atoms with Crippen LogP contribution in [0.15, 0.2) is 44.4 Å². The highest BCUT2D eigenvalue weighted by molar-refractivity contribution is 5.96. The van der Waals surface area contributed by atoms with Crippen LogP contribution < -0.4 is 5.63 Å². The molecule has 37 heavy (non-hydrogen) atoms. The monoisotopic (exact) mass is 508 g/mol. The lowest BCUT2D eigenvalue weighted by Crippen LogP contribution is -2.60. The molecular weight excluding hydrogens is 464 g/mol. The molecule has 5 aliphatic rings. The van der Waals surface area contributed by atoms with Crippen molar-refractivity contribution in [2.45, 2.75) is 96.0 Å². The molecule has 6 heteroatoms. The number of hydrogen-bond donors (Lipinski definition) is 1. The molecule has 2 heterocycles. The van der Waals surface area contributed by atoms with Gasteiger partial charge in [-0.2, -0.15) is 0 Å². The fraction of sp³-hybridized carbons (Fsp3) is 0.742. The Morgan fingerprint density at radius 1 is 1.05 bits per heavy atom. The third-order valence-corrected chi connectivity index (χ3v) is 11.4. The Morgan fingerprint density at radius 2 is 1.89 bits per heavy atom. The van der Waals surface area contributed by atoms with Crippen molar-refractivity contribution in [3.63, 3.8) is 0 Å². The molecular formula is C31H44N2O4. The normalized spacial score (nSPS) is 41.0. The lowest BCUT2D eigenvalue weighted by atomic mass is 9.45. The third-order valence-electron chi connectivity index (χ3n) is 11.4. The van der Waals surface area contributed by atoms with Crippen molar-refractivity contribution in [3.8, 4) is 0 Å². The predicted molar refractivity (Wildman–Crippen MR) is 145 cm³/mol. The van der Waals surface area contributed by atoms with Gasteiger partial charge in [0.15, 0.2) is 0 Å². The number of allylic oxidation sites excluding steroid dienone is 2. The molecule has 1 aromatic heterocycles. The Balaban J connectivity index is 1.16. The van der Waals surface area contributed by atoms with Gasteiger partial charge in [-0.25, -0.2) is 4.79 Å². The first-order valence-electron chi connectivity index (χ1n) is 14.8. The average Bonchev–Trinajstić information content (AvgIpc) is 3.19. The summed E-state index contributed by atoms with van der Waals surface area (Å²) >= 11 is 0. The van der Waals surface area contributed by atoms with E-state index in [4.69, 9.17) is 9.25 Å². The van der Waals surface area contributed by atoms with Crippen LogP contribution in [0.5, 0.6) is 0 Å². The second kappa shape index (κ2) is 9.68. The number of fused-ring (bicyclic) bond motifs is 5. The predicted octanol–water partition coefficient (Wildman–Crippen LogP) is 5.66. The van der Waals surface area contributed by atoms with Crippen LogP contribution in [0.1, 0.15) is 96.0 Å². The maximum atomic E-state index is 12.4. The van der Waals surface area contributed by atoms with Crippen molar-refractivity contribution in [1.29, 1.82) is 0 Å².